The minimum Gasteiger partial charge on any atom is -0.495 e. The molecule has 4 rings (SSSR count). The highest BCUT2D eigenvalue weighted by Crippen LogP contribution is 2.36. The third kappa shape index (κ3) is 7.63. The van der Waals surface area contributed by atoms with E-state index in [9.17, 15) is 14.4 Å². The molecule has 1 saturated heterocycles. The van der Waals surface area contributed by atoms with Crippen molar-refractivity contribution in [2.75, 3.05) is 51.8 Å². The van der Waals surface area contributed by atoms with Gasteiger partial charge in [0.2, 0.25) is 11.8 Å². The lowest BCUT2D eigenvalue weighted by molar-refractivity contribution is -0.134. The number of methoxy groups -OCH3 is 1. The van der Waals surface area contributed by atoms with Gasteiger partial charge in [-0.15, -0.1) is 0 Å². The molecule has 2 aromatic carbocycles. The Balaban J connectivity index is 1.36. The first-order valence-electron chi connectivity index (χ1n) is 14.0. The minimum absolute atomic E-state index is 0.0331. The Labute approximate surface area is 236 Å². The number of hydrogen-bond acceptors (Lipinski definition) is 6. The number of hydrogen-bond donors (Lipinski definition) is 3. The molecule has 0 radical (unpaired) electrons. The van der Waals surface area contributed by atoms with Gasteiger partial charge in [0, 0.05) is 13.1 Å². The van der Waals surface area contributed by atoms with Crippen molar-refractivity contribution < 1.29 is 23.9 Å². The average Bonchev–Trinajstić information content (AvgIpc) is 2.95. The van der Waals surface area contributed by atoms with Crippen LogP contribution in [0, 0.1) is 12.3 Å². The lowest BCUT2D eigenvalue weighted by atomic mass is 9.74. The molecule has 0 aliphatic carbocycles. The molecule has 9 nitrogen and oxygen atoms in total. The smallest absolute Gasteiger partial charge is 0.255 e. The molecule has 214 valence electrons. The van der Waals surface area contributed by atoms with Crippen molar-refractivity contribution in [1.82, 2.24) is 15.5 Å². The molecular formula is C31H40N4O5. The lowest BCUT2D eigenvalue weighted by Gasteiger charge is -2.40. The third-order valence-electron chi connectivity index (χ3n) is 7.56. The Hall–Kier alpha value is -3.85. The fourth-order valence-electron chi connectivity index (χ4n) is 5.19. The van der Waals surface area contributed by atoms with Crippen molar-refractivity contribution >= 4 is 23.4 Å². The van der Waals surface area contributed by atoms with E-state index in [1.165, 1.54) is 0 Å². The van der Waals surface area contributed by atoms with Crippen LogP contribution in [-0.2, 0) is 9.59 Å². The summed E-state index contributed by atoms with van der Waals surface area (Å²) < 4.78 is 11.3. The van der Waals surface area contributed by atoms with Gasteiger partial charge < -0.3 is 25.4 Å². The lowest BCUT2D eigenvalue weighted by Crippen LogP contribution is -2.50. The number of rotatable bonds is 4. The summed E-state index contributed by atoms with van der Waals surface area (Å²) in [6.45, 7) is 4.89. The van der Waals surface area contributed by atoms with Gasteiger partial charge in [-0.3, -0.25) is 19.3 Å². The number of nitrogens with zero attached hydrogens (tertiary/aromatic N) is 1. The Kier molecular flexibility index (Phi) is 10.2. The summed E-state index contributed by atoms with van der Waals surface area (Å²) >= 11 is 0. The normalized spacial score (nSPS) is 19.4. The average molecular weight is 549 g/mol. The van der Waals surface area contributed by atoms with Crippen molar-refractivity contribution in [3.8, 4) is 11.5 Å². The van der Waals surface area contributed by atoms with Crippen molar-refractivity contribution in [3.05, 3.63) is 65.7 Å². The van der Waals surface area contributed by atoms with E-state index in [0.717, 1.165) is 5.56 Å². The molecule has 2 heterocycles. The number of likely N-dealkylation sites (tertiary alicyclic amines) is 1. The van der Waals surface area contributed by atoms with E-state index in [2.05, 4.69) is 26.9 Å². The summed E-state index contributed by atoms with van der Waals surface area (Å²) in [7, 11) is 1.58. The van der Waals surface area contributed by atoms with E-state index < -0.39 is 5.41 Å². The molecule has 2 aliphatic heterocycles. The first-order valence-corrected chi connectivity index (χ1v) is 14.0. The van der Waals surface area contributed by atoms with Crippen molar-refractivity contribution in [2.24, 2.45) is 5.41 Å². The van der Waals surface area contributed by atoms with Crippen LogP contribution in [0.4, 0.5) is 5.69 Å². The molecule has 40 heavy (non-hydrogen) atoms. The van der Waals surface area contributed by atoms with Gasteiger partial charge in [0.1, 0.15) is 11.5 Å². The van der Waals surface area contributed by atoms with Crippen LogP contribution >= 0.6 is 0 Å². The highest BCUT2D eigenvalue weighted by molar-refractivity contribution is 5.97. The number of aryl methyl sites for hydroxylation is 1. The second-order valence-electron chi connectivity index (χ2n) is 10.5. The van der Waals surface area contributed by atoms with Crippen LogP contribution in [0.3, 0.4) is 0 Å². The molecule has 3 N–H and O–H groups in total. The van der Waals surface area contributed by atoms with E-state index in [4.69, 9.17) is 9.47 Å². The molecule has 0 aromatic heterocycles. The summed E-state index contributed by atoms with van der Waals surface area (Å²) in [5.41, 5.74) is 1.68. The number of carbonyl (C=O) groups is 3. The Morgan fingerprint density at radius 1 is 1.07 bits per heavy atom. The van der Waals surface area contributed by atoms with Crippen LogP contribution in [0.2, 0.25) is 0 Å². The van der Waals surface area contributed by atoms with Gasteiger partial charge in [-0.05, 0) is 81.9 Å². The number of ether oxygens (including phenoxy) is 2. The number of amides is 3. The van der Waals surface area contributed by atoms with Crippen LogP contribution < -0.4 is 25.4 Å². The number of benzene rings is 2. The van der Waals surface area contributed by atoms with Gasteiger partial charge in [-0.2, -0.15) is 0 Å². The van der Waals surface area contributed by atoms with Gasteiger partial charge in [-0.25, -0.2) is 0 Å². The predicted molar refractivity (Wildman–Crippen MR) is 155 cm³/mol. The molecule has 3 amide bonds. The van der Waals surface area contributed by atoms with Crippen molar-refractivity contribution in [1.29, 1.82) is 0 Å². The Morgan fingerprint density at radius 2 is 1.85 bits per heavy atom. The number of fused-ring (bicyclic) bond motifs is 1. The largest absolute Gasteiger partial charge is 0.495 e. The number of allylic oxidation sites excluding steroid dienone is 1. The quantitative estimate of drug-likeness (QED) is 0.503. The maximum atomic E-state index is 13.4. The number of nitrogens with one attached hydrogen (secondary N) is 3. The number of piperidine rings is 1. The molecule has 0 saturated carbocycles. The molecule has 1 spiro atoms. The molecule has 0 bridgehead atoms. The van der Waals surface area contributed by atoms with Crippen molar-refractivity contribution in [2.45, 2.75) is 39.0 Å². The van der Waals surface area contributed by atoms with E-state index in [1.54, 1.807) is 13.2 Å². The summed E-state index contributed by atoms with van der Waals surface area (Å²) in [5.74, 6) is 0.942. The fourth-order valence-corrected chi connectivity index (χ4v) is 5.19. The maximum Gasteiger partial charge on any atom is 0.255 e. The molecule has 0 atom stereocenters. The summed E-state index contributed by atoms with van der Waals surface area (Å²) in [6, 6.07) is 12.9. The van der Waals surface area contributed by atoms with Gasteiger partial charge >= 0.3 is 0 Å². The number of carbonyl (C=O) groups excluding carboxylic acids is 3. The number of para-hydroxylation sites is 1. The zero-order valence-corrected chi connectivity index (χ0v) is 23.5. The monoisotopic (exact) mass is 548 g/mol. The van der Waals surface area contributed by atoms with Crippen LogP contribution in [0.5, 0.6) is 11.5 Å². The van der Waals surface area contributed by atoms with Crippen LogP contribution in [0.15, 0.2) is 54.6 Å². The van der Waals surface area contributed by atoms with Gasteiger partial charge in [0.25, 0.3) is 5.91 Å². The topological polar surface area (TPSA) is 109 Å². The van der Waals surface area contributed by atoms with Gasteiger partial charge in [0.15, 0.2) is 0 Å². The van der Waals surface area contributed by atoms with Gasteiger partial charge in [0.05, 0.1) is 36.9 Å². The second kappa shape index (κ2) is 14.0. The van der Waals surface area contributed by atoms with E-state index in [0.29, 0.717) is 87.6 Å². The first-order chi connectivity index (χ1) is 19.4. The highest BCUT2D eigenvalue weighted by Gasteiger charge is 2.40. The third-order valence-corrected chi connectivity index (χ3v) is 7.56. The molecule has 2 aliphatic rings. The summed E-state index contributed by atoms with van der Waals surface area (Å²) in [4.78, 5) is 41.0. The SMILES string of the molecule is COc1ccc(C)cc1NC(=O)CN1CCC2(C/C=C\CCOc3ccccc3C(=O)NCCCNC2=O)CC1. The van der Waals surface area contributed by atoms with Crippen LogP contribution in [0.1, 0.15) is 48.0 Å². The Morgan fingerprint density at radius 3 is 2.65 bits per heavy atom. The minimum atomic E-state index is -0.531. The number of anilines is 1. The molecule has 0 unspecified atom stereocenters. The maximum absolute atomic E-state index is 13.4. The molecule has 2 aromatic rings. The van der Waals surface area contributed by atoms with Crippen LogP contribution in [-0.4, -0.2) is 69.1 Å². The molecular weight excluding hydrogens is 508 g/mol. The van der Waals surface area contributed by atoms with Crippen LogP contribution in [0.25, 0.3) is 0 Å². The second-order valence-corrected chi connectivity index (χ2v) is 10.5. The summed E-state index contributed by atoms with van der Waals surface area (Å²) in [5, 5.41) is 8.99. The predicted octanol–water partition coefficient (Wildman–Crippen LogP) is 3.69. The highest BCUT2D eigenvalue weighted by atomic mass is 16.5. The zero-order chi connectivity index (χ0) is 28.4. The molecule has 9 heteroatoms. The Bertz CT molecular complexity index is 1220. The fraction of sp³-hybridized carbons (Fsp3) is 0.452. The standard InChI is InChI=1S/C31H40N4O5/c1-23-11-12-27(39-2)25(21-23)34-28(36)22-35-18-14-31(15-19-35)13-6-3-7-20-40-26-10-5-4-9-24(26)29(37)32-16-8-17-33-30(31)38/h3-6,9-12,21H,7-8,13-20,22H2,1-2H3,(H,32,37)(H,33,38)(H,34,36)/b6-3-. The molecule has 1 fully saturated rings. The van der Waals surface area contributed by atoms with E-state index in [-0.39, 0.29) is 24.3 Å². The van der Waals surface area contributed by atoms with Gasteiger partial charge in [-0.1, -0.05) is 30.4 Å². The summed E-state index contributed by atoms with van der Waals surface area (Å²) in [6.07, 6.45) is 7.35. The van der Waals surface area contributed by atoms with E-state index in [1.807, 2.05) is 49.4 Å². The zero-order valence-electron chi connectivity index (χ0n) is 23.5. The first kappa shape index (κ1) is 29.1. The van der Waals surface area contributed by atoms with E-state index >= 15 is 0 Å². The van der Waals surface area contributed by atoms with Crippen molar-refractivity contribution in [3.63, 3.8) is 0 Å².